The van der Waals surface area contributed by atoms with Gasteiger partial charge in [-0.15, -0.1) is 0 Å². The van der Waals surface area contributed by atoms with E-state index in [1.807, 2.05) is 25.6 Å². The summed E-state index contributed by atoms with van der Waals surface area (Å²) in [6.07, 6.45) is 7.21. The molecule has 3 aromatic heterocycles. The quantitative estimate of drug-likeness (QED) is 0.763. The van der Waals surface area contributed by atoms with Crippen molar-refractivity contribution in [2.24, 2.45) is 7.05 Å². The van der Waals surface area contributed by atoms with Crippen LogP contribution in [0.3, 0.4) is 0 Å². The zero-order chi connectivity index (χ0) is 15.8. The highest BCUT2D eigenvalue weighted by molar-refractivity contribution is 6.01. The van der Waals surface area contributed by atoms with E-state index < -0.39 is 0 Å². The largest absolute Gasteiger partial charge is 0.378 e. The fourth-order valence-corrected chi connectivity index (χ4v) is 3.01. The Kier molecular flexibility index (Phi) is 3.47. The molecule has 1 aliphatic heterocycles. The highest BCUT2D eigenvalue weighted by atomic mass is 16.5. The Morgan fingerprint density at radius 3 is 2.74 bits per heavy atom. The summed E-state index contributed by atoms with van der Waals surface area (Å²) in [6, 6.07) is 0. The first kappa shape index (κ1) is 14.2. The third kappa shape index (κ3) is 2.36. The summed E-state index contributed by atoms with van der Waals surface area (Å²) < 4.78 is 8.92. The summed E-state index contributed by atoms with van der Waals surface area (Å²) in [5.74, 6) is 0.879. The first-order valence-corrected chi connectivity index (χ1v) is 7.54. The Hall–Kier alpha value is -2.45. The molecule has 0 aliphatic carbocycles. The van der Waals surface area contributed by atoms with Crippen molar-refractivity contribution < 1.29 is 9.84 Å². The topological polar surface area (TPSA) is 81.2 Å². The Balaban J connectivity index is 1.94. The molecule has 0 unspecified atom stereocenters. The van der Waals surface area contributed by atoms with Crippen LogP contribution in [0.25, 0.3) is 22.2 Å². The number of aromatic nitrogens is 5. The molecule has 1 N–H and O–H groups in total. The van der Waals surface area contributed by atoms with Crippen LogP contribution in [-0.2, 0) is 18.5 Å². The normalized spacial score (nSPS) is 15.5. The number of hydrogen-bond donors (Lipinski definition) is 1. The van der Waals surface area contributed by atoms with E-state index in [1.54, 1.807) is 15.6 Å². The van der Waals surface area contributed by atoms with Gasteiger partial charge in [-0.05, 0) is 0 Å². The zero-order valence-electron chi connectivity index (χ0n) is 12.9. The van der Waals surface area contributed by atoms with Gasteiger partial charge in [-0.1, -0.05) is 0 Å². The van der Waals surface area contributed by atoms with E-state index in [0.29, 0.717) is 13.2 Å². The molecule has 23 heavy (non-hydrogen) atoms. The van der Waals surface area contributed by atoms with E-state index in [4.69, 9.17) is 4.74 Å². The van der Waals surface area contributed by atoms with Crippen LogP contribution in [0.4, 0.5) is 5.82 Å². The van der Waals surface area contributed by atoms with Crippen LogP contribution in [0, 0.1) is 0 Å². The number of anilines is 1. The second-order valence-corrected chi connectivity index (χ2v) is 5.55. The molecule has 120 valence electrons. The molecule has 3 aromatic rings. The first-order valence-electron chi connectivity index (χ1n) is 7.54. The van der Waals surface area contributed by atoms with Gasteiger partial charge >= 0.3 is 0 Å². The predicted molar refractivity (Wildman–Crippen MR) is 85.0 cm³/mol. The average Bonchev–Trinajstić information content (AvgIpc) is 3.18. The van der Waals surface area contributed by atoms with Crippen molar-refractivity contribution in [3.63, 3.8) is 0 Å². The fourth-order valence-electron chi connectivity index (χ4n) is 3.01. The van der Waals surface area contributed by atoms with Crippen molar-refractivity contribution in [1.82, 2.24) is 24.3 Å². The summed E-state index contributed by atoms with van der Waals surface area (Å²) in [6.45, 7) is 2.84. The maximum absolute atomic E-state index is 9.65. The standard InChI is InChI=1S/C15H18N6O2/c1-19-7-11(6-18-19)12-8-21(10-22)15-13(12)14(16-9-17-15)20-2-4-23-5-3-20/h6-9,22H,2-5,10H2,1H3. The molecule has 8 nitrogen and oxygen atoms in total. The van der Waals surface area contributed by atoms with Crippen LogP contribution in [0.15, 0.2) is 24.9 Å². The van der Waals surface area contributed by atoms with Gasteiger partial charge in [0, 0.05) is 43.7 Å². The maximum atomic E-state index is 9.65. The van der Waals surface area contributed by atoms with Gasteiger partial charge in [0.15, 0.2) is 0 Å². The minimum Gasteiger partial charge on any atom is -0.378 e. The smallest absolute Gasteiger partial charge is 0.148 e. The monoisotopic (exact) mass is 314 g/mol. The molecule has 4 heterocycles. The Morgan fingerprint density at radius 2 is 2.04 bits per heavy atom. The summed E-state index contributed by atoms with van der Waals surface area (Å²) >= 11 is 0. The average molecular weight is 314 g/mol. The number of rotatable bonds is 3. The molecule has 0 spiro atoms. The second kappa shape index (κ2) is 5.64. The highest BCUT2D eigenvalue weighted by Gasteiger charge is 2.21. The van der Waals surface area contributed by atoms with E-state index in [9.17, 15) is 5.11 Å². The molecular formula is C15H18N6O2. The summed E-state index contributed by atoms with van der Waals surface area (Å²) in [5.41, 5.74) is 2.68. The molecule has 4 rings (SSSR count). The number of aryl methyl sites for hydroxylation is 1. The molecule has 0 saturated carbocycles. The molecule has 1 fully saturated rings. The molecular weight excluding hydrogens is 296 g/mol. The lowest BCUT2D eigenvalue weighted by Crippen LogP contribution is -2.36. The maximum Gasteiger partial charge on any atom is 0.148 e. The molecule has 1 aliphatic rings. The Morgan fingerprint density at radius 1 is 1.22 bits per heavy atom. The number of ether oxygens (including phenoxy) is 1. The molecule has 1 saturated heterocycles. The van der Waals surface area contributed by atoms with E-state index >= 15 is 0 Å². The lowest BCUT2D eigenvalue weighted by molar-refractivity contribution is 0.122. The van der Waals surface area contributed by atoms with E-state index in [1.165, 1.54) is 0 Å². The van der Waals surface area contributed by atoms with Crippen LogP contribution in [0.1, 0.15) is 0 Å². The molecule has 0 bridgehead atoms. The lowest BCUT2D eigenvalue weighted by Gasteiger charge is -2.28. The number of aliphatic hydroxyl groups is 1. The number of aliphatic hydroxyl groups excluding tert-OH is 1. The van der Waals surface area contributed by atoms with Crippen molar-refractivity contribution in [3.05, 3.63) is 24.9 Å². The van der Waals surface area contributed by atoms with Crippen LogP contribution < -0.4 is 4.90 Å². The molecule has 8 heteroatoms. The van der Waals surface area contributed by atoms with Crippen molar-refractivity contribution >= 4 is 16.9 Å². The van der Waals surface area contributed by atoms with Crippen molar-refractivity contribution in [1.29, 1.82) is 0 Å². The minimum atomic E-state index is -0.129. The number of hydrogen-bond acceptors (Lipinski definition) is 6. The molecule has 0 amide bonds. The van der Waals surface area contributed by atoms with Crippen molar-refractivity contribution in [3.8, 4) is 11.1 Å². The van der Waals surface area contributed by atoms with Gasteiger partial charge in [0.05, 0.1) is 24.8 Å². The van der Waals surface area contributed by atoms with Gasteiger partial charge in [0.1, 0.15) is 24.5 Å². The zero-order valence-corrected chi connectivity index (χ0v) is 12.9. The van der Waals surface area contributed by atoms with Gasteiger partial charge in [-0.25, -0.2) is 9.97 Å². The molecule has 0 atom stereocenters. The highest BCUT2D eigenvalue weighted by Crippen LogP contribution is 2.35. The number of nitrogens with zero attached hydrogens (tertiary/aromatic N) is 6. The fraction of sp³-hybridized carbons (Fsp3) is 0.400. The van der Waals surface area contributed by atoms with E-state index in [0.717, 1.165) is 41.1 Å². The van der Waals surface area contributed by atoms with Crippen molar-refractivity contribution in [2.45, 2.75) is 6.73 Å². The van der Waals surface area contributed by atoms with Crippen molar-refractivity contribution in [2.75, 3.05) is 31.2 Å². The Labute approximate surface area is 132 Å². The number of morpholine rings is 1. The predicted octanol–water partition coefficient (Wildman–Crippen LogP) is 0.618. The third-order valence-corrected chi connectivity index (χ3v) is 4.11. The Bertz CT molecular complexity index is 834. The summed E-state index contributed by atoms with van der Waals surface area (Å²) in [4.78, 5) is 11.1. The SMILES string of the molecule is Cn1cc(-c2cn(CO)c3ncnc(N4CCOCC4)c23)cn1. The van der Waals surface area contributed by atoms with Crippen LogP contribution >= 0.6 is 0 Å². The number of fused-ring (bicyclic) bond motifs is 1. The van der Waals surface area contributed by atoms with E-state index in [2.05, 4.69) is 20.0 Å². The summed E-state index contributed by atoms with van der Waals surface area (Å²) in [7, 11) is 1.88. The van der Waals surface area contributed by atoms with Crippen LogP contribution in [0.5, 0.6) is 0 Å². The second-order valence-electron chi connectivity index (χ2n) is 5.55. The van der Waals surface area contributed by atoms with Gasteiger partial charge in [0.2, 0.25) is 0 Å². The van der Waals surface area contributed by atoms with Gasteiger partial charge < -0.3 is 19.3 Å². The lowest BCUT2D eigenvalue weighted by atomic mass is 10.1. The van der Waals surface area contributed by atoms with Gasteiger partial charge in [0.25, 0.3) is 0 Å². The first-order chi connectivity index (χ1) is 11.3. The van der Waals surface area contributed by atoms with Crippen LogP contribution in [0.2, 0.25) is 0 Å². The molecule has 0 radical (unpaired) electrons. The van der Waals surface area contributed by atoms with Crippen LogP contribution in [-0.4, -0.2) is 55.7 Å². The summed E-state index contributed by atoms with van der Waals surface area (Å²) in [5, 5.41) is 14.8. The van der Waals surface area contributed by atoms with E-state index in [-0.39, 0.29) is 6.73 Å². The van der Waals surface area contributed by atoms with Gasteiger partial charge in [-0.3, -0.25) is 4.68 Å². The van der Waals surface area contributed by atoms with Gasteiger partial charge in [-0.2, -0.15) is 5.10 Å². The minimum absolute atomic E-state index is 0.129. The molecule has 0 aromatic carbocycles. The third-order valence-electron chi connectivity index (χ3n) is 4.11.